The molecule has 0 atom stereocenters. The predicted molar refractivity (Wildman–Crippen MR) is 98.1 cm³/mol. The fraction of sp³-hybridized carbons (Fsp3) is 0.100. The van der Waals surface area contributed by atoms with Crippen LogP contribution >= 0.6 is 11.6 Å². The van der Waals surface area contributed by atoms with Gasteiger partial charge in [0.05, 0.1) is 5.56 Å². The SMILES string of the molecule is O=Cc1c(OCC(=O)NCc2ccccc2Cl)ccc2ccccc12. The van der Waals surface area contributed by atoms with E-state index in [0.717, 1.165) is 22.6 Å². The molecule has 0 fully saturated rings. The van der Waals surface area contributed by atoms with E-state index >= 15 is 0 Å². The zero-order valence-corrected chi connectivity index (χ0v) is 14.1. The Kier molecular flexibility index (Phi) is 5.31. The molecule has 0 unspecified atom stereocenters. The highest BCUT2D eigenvalue weighted by Crippen LogP contribution is 2.26. The Bertz CT molecular complexity index is 924. The fourth-order valence-electron chi connectivity index (χ4n) is 2.55. The zero-order chi connectivity index (χ0) is 17.6. The first-order chi connectivity index (χ1) is 12.2. The summed E-state index contributed by atoms with van der Waals surface area (Å²) in [6.07, 6.45) is 0.749. The molecule has 0 radical (unpaired) electrons. The Morgan fingerprint density at radius 1 is 1.04 bits per heavy atom. The summed E-state index contributed by atoms with van der Waals surface area (Å²) in [6, 6.07) is 18.4. The average molecular weight is 354 g/mol. The lowest BCUT2D eigenvalue weighted by Crippen LogP contribution is -2.28. The summed E-state index contributed by atoms with van der Waals surface area (Å²) >= 11 is 6.05. The minimum atomic E-state index is -0.287. The van der Waals surface area contributed by atoms with Crippen LogP contribution in [0.2, 0.25) is 5.02 Å². The fourth-order valence-corrected chi connectivity index (χ4v) is 2.76. The molecule has 0 aliphatic heterocycles. The predicted octanol–water partition coefficient (Wildman–Crippen LogP) is 4.00. The first kappa shape index (κ1) is 17.0. The number of aldehydes is 1. The Morgan fingerprint density at radius 3 is 2.60 bits per heavy atom. The lowest BCUT2D eigenvalue weighted by molar-refractivity contribution is -0.123. The molecule has 0 aliphatic carbocycles. The van der Waals surface area contributed by atoms with Crippen LogP contribution in [0.5, 0.6) is 5.75 Å². The second-order valence-electron chi connectivity index (χ2n) is 5.47. The molecule has 3 aromatic rings. The molecule has 25 heavy (non-hydrogen) atoms. The van der Waals surface area contributed by atoms with Crippen LogP contribution < -0.4 is 10.1 Å². The summed E-state index contributed by atoms with van der Waals surface area (Å²) in [7, 11) is 0. The van der Waals surface area contributed by atoms with E-state index in [1.807, 2.05) is 48.5 Å². The molecule has 126 valence electrons. The number of ether oxygens (including phenoxy) is 1. The molecular weight excluding hydrogens is 338 g/mol. The molecule has 1 N–H and O–H groups in total. The van der Waals surface area contributed by atoms with E-state index in [1.54, 1.807) is 12.1 Å². The van der Waals surface area contributed by atoms with Crippen molar-refractivity contribution < 1.29 is 14.3 Å². The number of nitrogens with one attached hydrogen (secondary N) is 1. The standard InChI is InChI=1S/C20H16ClNO3/c21-18-8-4-2-6-15(18)11-22-20(24)13-25-19-10-9-14-5-1-3-7-16(14)17(19)12-23/h1-10,12H,11,13H2,(H,22,24). The Morgan fingerprint density at radius 2 is 1.80 bits per heavy atom. The van der Waals surface area contributed by atoms with E-state index in [4.69, 9.17) is 16.3 Å². The maximum absolute atomic E-state index is 12.0. The van der Waals surface area contributed by atoms with Gasteiger partial charge in [0, 0.05) is 11.6 Å². The second-order valence-corrected chi connectivity index (χ2v) is 5.88. The van der Waals surface area contributed by atoms with Crippen molar-refractivity contribution in [1.82, 2.24) is 5.32 Å². The van der Waals surface area contributed by atoms with Crippen LogP contribution in [0, 0.1) is 0 Å². The van der Waals surface area contributed by atoms with Gasteiger partial charge >= 0.3 is 0 Å². The van der Waals surface area contributed by atoms with Crippen molar-refractivity contribution in [2.45, 2.75) is 6.54 Å². The summed E-state index contributed by atoms with van der Waals surface area (Å²) in [4.78, 5) is 23.4. The number of hydrogen-bond acceptors (Lipinski definition) is 3. The largest absolute Gasteiger partial charge is 0.483 e. The Balaban J connectivity index is 1.65. The summed E-state index contributed by atoms with van der Waals surface area (Å²) in [6.45, 7) is 0.143. The molecule has 3 rings (SSSR count). The minimum absolute atomic E-state index is 0.177. The molecule has 0 spiro atoms. The first-order valence-corrected chi connectivity index (χ1v) is 8.16. The quantitative estimate of drug-likeness (QED) is 0.681. The molecule has 4 nitrogen and oxygen atoms in total. The minimum Gasteiger partial charge on any atom is -0.483 e. The van der Waals surface area contributed by atoms with Crippen molar-refractivity contribution in [2.24, 2.45) is 0 Å². The lowest BCUT2D eigenvalue weighted by Gasteiger charge is -2.11. The number of carbonyl (C=O) groups is 2. The van der Waals surface area contributed by atoms with Gasteiger partial charge in [-0.1, -0.05) is 60.1 Å². The van der Waals surface area contributed by atoms with E-state index in [2.05, 4.69) is 5.32 Å². The molecule has 0 saturated carbocycles. The van der Waals surface area contributed by atoms with Crippen molar-refractivity contribution in [1.29, 1.82) is 0 Å². The highest BCUT2D eigenvalue weighted by atomic mass is 35.5. The normalized spacial score (nSPS) is 10.4. The molecule has 0 heterocycles. The van der Waals surface area contributed by atoms with Crippen LogP contribution in [0.25, 0.3) is 10.8 Å². The highest BCUT2D eigenvalue weighted by Gasteiger charge is 2.10. The Hall–Kier alpha value is -2.85. The molecule has 0 aromatic heterocycles. The number of benzene rings is 3. The van der Waals surface area contributed by atoms with Gasteiger partial charge in [0.1, 0.15) is 5.75 Å². The summed E-state index contributed by atoms with van der Waals surface area (Å²) in [5.74, 6) is 0.103. The number of amides is 1. The van der Waals surface area contributed by atoms with Crippen LogP contribution in [0.15, 0.2) is 60.7 Å². The van der Waals surface area contributed by atoms with Crippen molar-refractivity contribution in [3.8, 4) is 5.75 Å². The number of fused-ring (bicyclic) bond motifs is 1. The monoisotopic (exact) mass is 353 g/mol. The van der Waals surface area contributed by atoms with E-state index < -0.39 is 0 Å². The van der Waals surface area contributed by atoms with Gasteiger partial charge in [-0.3, -0.25) is 9.59 Å². The second kappa shape index (κ2) is 7.81. The van der Waals surface area contributed by atoms with Gasteiger partial charge in [0.15, 0.2) is 12.9 Å². The molecule has 0 saturated heterocycles. The van der Waals surface area contributed by atoms with Crippen LogP contribution in [0.4, 0.5) is 0 Å². The van der Waals surface area contributed by atoms with Crippen LogP contribution in [0.3, 0.4) is 0 Å². The van der Waals surface area contributed by atoms with Crippen molar-refractivity contribution in [3.05, 3.63) is 76.8 Å². The van der Waals surface area contributed by atoms with Gasteiger partial charge in [-0.15, -0.1) is 0 Å². The number of hydrogen-bond donors (Lipinski definition) is 1. The van der Waals surface area contributed by atoms with E-state index in [9.17, 15) is 9.59 Å². The summed E-state index contributed by atoms with van der Waals surface area (Å²) in [5, 5.41) is 5.09. The summed E-state index contributed by atoms with van der Waals surface area (Å²) < 4.78 is 5.54. The molecule has 0 aliphatic rings. The van der Waals surface area contributed by atoms with Crippen molar-refractivity contribution >= 4 is 34.6 Å². The third kappa shape index (κ3) is 3.98. The van der Waals surface area contributed by atoms with Gasteiger partial charge in [-0.25, -0.2) is 0 Å². The zero-order valence-electron chi connectivity index (χ0n) is 13.4. The van der Waals surface area contributed by atoms with Crippen molar-refractivity contribution in [3.63, 3.8) is 0 Å². The number of carbonyl (C=O) groups excluding carboxylic acids is 2. The molecule has 1 amide bonds. The van der Waals surface area contributed by atoms with E-state index in [-0.39, 0.29) is 12.5 Å². The van der Waals surface area contributed by atoms with Crippen LogP contribution in [-0.2, 0) is 11.3 Å². The van der Waals surface area contributed by atoms with E-state index in [0.29, 0.717) is 22.9 Å². The molecule has 5 heteroatoms. The smallest absolute Gasteiger partial charge is 0.258 e. The van der Waals surface area contributed by atoms with Gasteiger partial charge in [0.2, 0.25) is 0 Å². The van der Waals surface area contributed by atoms with Crippen LogP contribution in [0.1, 0.15) is 15.9 Å². The molecular formula is C20H16ClNO3. The van der Waals surface area contributed by atoms with Gasteiger partial charge < -0.3 is 10.1 Å². The number of rotatable bonds is 6. The van der Waals surface area contributed by atoms with Crippen molar-refractivity contribution in [2.75, 3.05) is 6.61 Å². The first-order valence-electron chi connectivity index (χ1n) is 7.79. The topological polar surface area (TPSA) is 55.4 Å². The maximum Gasteiger partial charge on any atom is 0.258 e. The number of halogens is 1. The van der Waals surface area contributed by atoms with Gasteiger partial charge in [-0.05, 0) is 28.5 Å². The van der Waals surface area contributed by atoms with Crippen LogP contribution in [-0.4, -0.2) is 18.8 Å². The summed E-state index contributed by atoms with van der Waals surface area (Å²) in [5.41, 5.74) is 1.27. The van der Waals surface area contributed by atoms with Gasteiger partial charge in [-0.2, -0.15) is 0 Å². The maximum atomic E-state index is 12.0. The third-order valence-electron chi connectivity index (χ3n) is 3.84. The molecule has 3 aromatic carbocycles. The highest BCUT2D eigenvalue weighted by molar-refractivity contribution is 6.31. The Labute approximate surface area is 150 Å². The molecule has 0 bridgehead atoms. The van der Waals surface area contributed by atoms with E-state index in [1.165, 1.54) is 0 Å². The third-order valence-corrected chi connectivity index (χ3v) is 4.21. The lowest BCUT2D eigenvalue weighted by atomic mass is 10.0. The van der Waals surface area contributed by atoms with Gasteiger partial charge in [0.25, 0.3) is 5.91 Å². The average Bonchev–Trinajstić information content (AvgIpc) is 2.65.